The molecule has 0 radical (unpaired) electrons. The van der Waals surface area contributed by atoms with Gasteiger partial charge in [-0.05, 0) is 55.2 Å². The first-order chi connectivity index (χ1) is 9.81. The molecule has 102 valence electrons. The van der Waals surface area contributed by atoms with Crippen LogP contribution in [0.1, 0.15) is 30.4 Å². The lowest BCUT2D eigenvalue weighted by Gasteiger charge is -2.17. The summed E-state index contributed by atoms with van der Waals surface area (Å²) >= 11 is 0. The molecule has 3 rings (SSSR count). The highest BCUT2D eigenvalue weighted by Gasteiger charge is 2.10. The summed E-state index contributed by atoms with van der Waals surface area (Å²) in [5.74, 6) is 0.838. The minimum absolute atomic E-state index is 0.838. The molecule has 0 nitrogen and oxygen atoms in total. The standard InChI is InChI=1S/C20H22/c1-16-7-11-19(12-8-16)20-13-9-18(10-14-20)15-17-5-3-2-4-6-17/h2-3,7-14,17H,4-6,15H2,1H3. The molecule has 1 aliphatic rings. The summed E-state index contributed by atoms with van der Waals surface area (Å²) in [5.41, 5.74) is 5.41. The Kier molecular flexibility index (Phi) is 4.01. The van der Waals surface area contributed by atoms with Crippen LogP contribution in [0, 0.1) is 12.8 Å². The van der Waals surface area contributed by atoms with E-state index in [0.29, 0.717) is 0 Å². The van der Waals surface area contributed by atoms with Crippen LogP contribution in [-0.4, -0.2) is 0 Å². The summed E-state index contributed by atoms with van der Waals surface area (Å²) in [7, 11) is 0. The first-order valence-electron chi connectivity index (χ1n) is 7.62. The quantitative estimate of drug-likeness (QED) is 0.635. The molecule has 0 aliphatic heterocycles. The van der Waals surface area contributed by atoms with E-state index < -0.39 is 0 Å². The van der Waals surface area contributed by atoms with E-state index in [9.17, 15) is 0 Å². The van der Waals surface area contributed by atoms with E-state index in [-0.39, 0.29) is 0 Å². The van der Waals surface area contributed by atoms with Crippen molar-refractivity contribution in [2.24, 2.45) is 5.92 Å². The normalized spacial score (nSPS) is 18.1. The Morgan fingerprint density at radius 1 is 0.850 bits per heavy atom. The van der Waals surface area contributed by atoms with Crippen LogP contribution in [0.3, 0.4) is 0 Å². The van der Waals surface area contributed by atoms with Crippen LogP contribution in [0.2, 0.25) is 0 Å². The zero-order chi connectivity index (χ0) is 13.8. The summed E-state index contributed by atoms with van der Waals surface area (Å²) in [4.78, 5) is 0. The van der Waals surface area contributed by atoms with Crippen molar-refractivity contribution < 1.29 is 0 Å². The van der Waals surface area contributed by atoms with Gasteiger partial charge in [-0.1, -0.05) is 66.2 Å². The van der Waals surface area contributed by atoms with Crippen molar-refractivity contribution in [2.75, 3.05) is 0 Å². The third-order valence-electron chi connectivity index (χ3n) is 4.24. The zero-order valence-corrected chi connectivity index (χ0v) is 12.2. The number of allylic oxidation sites excluding steroid dienone is 2. The molecule has 0 aromatic heterocycles. The van der Waals surface area contributed by atoms with E-state index in [0.717, 1.165) is 5.92 Å². The average molecular weight is 262 g/mol. The highest BCUT2D eigenvalue weighted by molar-refractivity contribution is 5.63. The van der Waals surface area contributed by atoms with Crippen LogP contribution in [0.25, 0.3) is 11.1 Å². The van der Waals surface area contributed by atoms with E-state index >= 15 is 0 Å². The Hall–Kier alpha value is -1.82. The third-order valence-corrected chi connectivity index (χ3v) is 4.24. The molecular weight excluding hydrogens is 240 g/mol. The predicted molar refractivity (Wildman–Crippen MR) is 86.8 cm³/mol. The maximum absolute atomic E-state index is 2.34. The minimum atomic E-state index is 0.838. The monoisotopic (exact) mass is 262 g/mol. The number of hydrogen-bond acceptors (Lipinski definition) is 0. The first-order valence-corrected chi connectivity index (χ1v) is 7.62. The Morgan fingerprint density at radius 3 is 2.10 bits per heavy atom. The summed E-state index contributed by atoms with van der Waals surface area (Å²) < 4.78 is 0. The van der Waals surface area contributed by atoms with Crippen LogP contribution in [0.15, 0.2) is 60.7 Å². The van der Waals surface area contributed by atoms with Gasteiger partial charge in [-0.3, -0.25) is 0 Å². The summed E-state index contributed by atoms with van der Waals surface area (Å²) in [6.45, 7) is 2.13. The van der Waals surface area contributed by atoms with Gasteiger partial charge in [-0.25, -0.2) is 0 Å². The molecule has 0 heteroatoms. The molecule has 0 heterocycles. The topological polar surface area (TPSA) is 0 Å². The van der Waals surface area contributed by atoms with Gasteiger partial charge in [-0.2, -0.15) is 0 Å². The fraction of sp³-hybridized carbons (Fsp3) is 0.300. The second kappa shape index (κ2) is 6.09. The lowest BCUT2D eigenvalue weighted by atomic mass is 9.88. The van der Waals surface area contributed by atoms with Crippen molar-refractivity contribution >= 4 is 0 Å². The van der Waals surface area contributed by atoms with E-state index in [1.807, 2.05) is 0 Å². The third kappa shape index (κ3) is 3.19. The zero-order valence-electron chi connectivity index (χ0n) is 12.2. The smallest absolute Gasteiger partial charge is 0.0184 e. The lowest BCUT2D eigenvalue weighted by molar-refractivity contribution is 0.477. The summed E-state index contributed by atoms with van der Waals surface area (Å²) in [6.07, 6.45) is 9.73. The Labute approximate surface area is 122 Å². The molecule has 1 atom stereocenters. The number of hydrogen-bond donors (Lipinski definition) is 0. The van der Waals surface area contributed by atoms with Gasteiger partial charge in [0, 0.05) is 0 Å². The lowest BCUT2D eigenvalue weighted by Crippen LogP contribution is -2.06. The van der Waals surface area contributed by atoms with E-state index in [4.69, 9.17) is 0 Å². The Bertz CT molecular complexity index is 572. The Morgan fingerprint density at radius 2 is 1.50 bits per heavy atom. The second-order valence-electron chi connectivity index (χ2n) is 5.92. The molecule has 0 saturated heterocycles. The van der Waals surface area contributed by atoms with Crippen LogP contribution in [0.5, 0.6) is 0 Å². The van der Waals surface area contributed by atoms with Gasteiger partial charge >= 0.3 is 0 Å². The van der Waals surface area contributed by atoms with Crippen molar-refractivity contribution in [1.82, 2.24) is 0 Å². The molecule has 1 aliphatic carbocycles. The molecule has 0 bridgehead atoms. The number of rotatable bonds is 3. The van der Waals surface area contributed by atoms with Gasteiger partial charge in [0.15, 0.2) is 0 Å². The predicted octanol–water partition coefficient (Wildman–Crippen LogP) is 5.56. The van der Waals surface area contributed by atoms with Gasteiger partial charge < -0.3 is 0 Å². The largest absolute Gasteiger partial charge is 0.0885 e. The van der Waals surface area contributed by atoms with Crippen molar-refractivity contribution in [1.29, 1.82) is 0 Å². The van der Waals surface area contributed by atoms with E-state index in [1.54, 1.807) is 0 Å². The van der Waals surface area contributed by atoms with Crippen LogP contribution >= 0.6 is 0 Å². The molecule has 0 spiro atoms. The number of aryl methyl sites for hydroxylation is 1. The molecule has 0 saturated carbocycles. The molecule has 20 heavy (non-hydrogen) atoms. The van der Waals surface area contributed by atoms with Crippen LogP contribution < -0.4 is 0 Å². The fourth-order valence-corrected chi connectivity index (χ4v) is 2.95. The second-order valence-corrected chi connectivity index (χ2v) is 5.92. The fourth-order valence-electron chi connectivity index (χ4n) is 2.95. The van der Waals surface area contributed by atoms with Gasteiger partial charge in [0.25, 0.3) is 0 Å². The van der Waals surface area contributed by atoms with Gasteiger partial charge in [0.1, 0.15) is 0 Å². The molecule has 0 fully saturated rings. The highest BCUT2D eigenvalue weighted by Crippen LogP contribution is 2.25. The SMILES string of the molecule is Cc1ccc(-c2ccc(CC3CC=CCC3)cc2)cc1. The maximum Gasteiger partial charge on any atom is -0.0184 e. The Balaban J connectivity index is 1.70. The molecule has 0 amide bonds. The maximum atomic E-state index is 2.34. The van der Waals surface area contributed by atoms with Crippen molar-refractivity contribution in [3.05, 3.63) is 71.8 Å². The molecular formula is C20H22. The minimum Gasteiger partial charge on any atom is -0.0885 e. The van der Waals surface area contributed by atoms with Crippen molar-refractivity contribution in [3.63, 3.8) is 0 Å². The highest BCUT2D eigenvalue weighted by atomic mass is 14.2. The van der Waals surface area contributed by atoms with Crippen molar-refractivity contribution in [3.8, 4) is 11.1 Å². The van der Waals surface area contributed by atoms with Gasteiger partial charge in [0.2, 0.25) is 0 Å². The molecule has 1 unspecified atom stereocenters. The van der Waals surface area contributed by atoms with E-state index in [2.05, 4.69) is 67.6 Å². The average Bonchev–Trinajstić information content (AvgIpc) is 2.50. The summed E-state index contributed by atoms with van der Waals surface area (Å²) in [6, 6.07) is 17.9. The van der Waals surface area contributed by atoms with E-state index in [1.165, 1.54) is 47.9 Å². The molecule has 2 aromatic rings. The van der Waals surface area contributed by atoms with Gasteiger partial charge in [-0.15, -0.1) is 0 Å². The van der Waals surface area contributed by atoms with Crippen molar-refractivity contribution in [2.45, 2.75) is 32.6 Å². The first kappa shape index (κ1) is 13.2. The van der Waals surface area contributed by atoms with Crippen LogP contribution in [0.4, 0.5) is 0 Å². The summed E-state index contributed by atoms with van der Waals surface area (Å²) in [5, 5.41) is 0. The van der Waals surface area contributed by atoms with Crippen LogP contribution in [-0.2, 0) is 6.42 Å². The number of benzene rings is 2. The molecule has 0 N–H and O–H groups in total. The van der Waals surface area contributed by atoms with Gasteiger partial charge in [0.05, 0.1) is 0 Å². The molecule has 2 aromatic carbocycles.